The number of rotatable bonds is 3. The van der Waals surface area contributed by atoms with Crippen LogP contribution in [0.25, 0.3) is 0 Å². The molecule has 3 aliphatic heterocycles. The van der Waals surface area contributed by atoms with Gasteiger partial charge in [-0.25, -0.2) is 0 Å². The van der Waals surface area contributed by atoms with Crippen LogP contribution in [0.15, 0.2) is 12.2 Å². The molecule has 1 N–H and O–H groups in total. The predicted octanol–water partition coefficient (Wildman–Crippen LogP) is 2.78. The summed E-state index contributed by atoms with van der Waals surface area (Å²) in [5, 5.41) is 10.6. The molecule has 31 heavy (non-hydrogen) atoms. The lowest BCUT2D eigenvalue weighted by molar-refractivity contribution is -0.183. The van der Waals surface area contributed by atoms with Crippen LogP contribution in [0.4, 0.5) is 0 Å². The van der Waals surface area contributed by atoms with Gasteiger partial charge in [0.05, 0.1) is 12.2 Å². The van der Waals surface area contributed by atoms with Crippen molar-refractivity contribution in [3.05, 3.63) is 12.2 Å². The fraction of sp³-hybridized carbons (Fsp3) is 0.833. The van der Waals surface area contributed by atoms with Crippen LogP contribution in [0.2, 0.25) is 0 Å². The number of hydrogen-bond donors (Lipinski definition) is 1. The van der Waals surface area contributed by atoms with Crippen LogP contribution in [-0.2, 0) is 28.5 Å². The average molecular weight is 437 g/mol. The standard InChI is InChI=1S/C24H36O7/c1-11(2)17-18-19(24(7)22(31-24)20(17)28-13(4)25)16-10-12(3)15(27)8-9-23(6,21(18)29-16)30-14(5)26/h11,15-22,27H,3,8-10H2,1-2,4-7H3. The van der Waals surface area contributed by atoms with Crippen molar-refractivity contribution in [2.75, 3.05) is 0 Å². The summed E-state index contributed by atoms with van der Waals surface area (Å²) < 4.78 is 24.7. The molecule has 0 aromatic heterocycles. The normalized spacial score (nSPS) is 48.7. The summed E-state index contributed by atoms with van der Waals surface area (Å²) in [7, 11) is 0. The third kappa shape index (κ3) is 3.62. The minimum Gasteiger partial charge on any atom is -0.459 e. The smallest absolute Gasteiger partial charge is 0.303 e. The average Bonchev–Trinajstić information content (AvgIpc) is 3.18. The van der Waals surface area contributed by atoms with Crippen LogP contribution >= 0.6 is 0 Å². The Morgan fingerprint density at radius 2 is 1.87 bits per heavy atom. The summed E-state index contributed by atoms with van der Waals surface area (Å²) in [5.41, 5.74) is -0.668. The molecule has 4 rings (SSSR count). The van der Waals surface area contributed by atoms with Gasteiger partial charge in [-0.1, -0.05) is 20.4 Å². The van der Waals surface area contributed by atoms with E-state index >= 15 is 0 Å². The van der Waals surface area contributed by atoms with E-state index in [2.05, 4.69) is 27.4 Å². The van der Waals surface area contributed by atoms with Gasteiger partial charge in [-0.15, -0.1) is 0 Å². The van der Waals surface area contributed by atoms with Crippen molar-refractivity contribution in [1.29, 1.82) is 0 Å². The summed E-state index contributed by atoms with van der Waals surface area (Å²) in [4.78, 5) is 24.0. The van der Waals surface area contributed by atoms with E-state index in [4.69, 9.17) is 18.9 Å². The van der Waals surface area contributed by atoms with Crippen molar-refractivity contribution in [3.8, 4) is 0 Å². The van der Waals surface area contributed by atoms with Crippen molar-refractivity contribution >= 4 is 11.9 Å². The molecule has 0 spiro atoms. The fourth-order valence-electron chi connectivity index (χ4n) is 6.80. The maximum atomic E-state index is 12.1. The summed E-state index contributed by atoms with van der Waals surface area (Å²) in [6.45, 7) is 15.2. The molecule has 10 unspecified atom stereocenters. The van der Waals surface area contributed by atoms with Gasteiger partial charge in [0.1, 0.15) is 29.5 Å². The highest BCUT2D eigenvalue weighted by Crippen LogP contribution is 2.65. The molecule has 0 amide bonds. The molecule has 4 aliphatic rings. The van der Waals surface area contributed by atoms with Gasteiger partial charge in [0, 0.05) is 31.6 Å². The van der Waals surface area contributed by atoms with Crippen molar-refractivity contribution in [2.45, 2.75) is 103 Å². The van der Waals surface area contributed by atoms with Crippen LogP contribution in [0.5, 0.6) is 0 Å². The molecule has 7 heteroatoms. The van der Waals surface area contributed by atoms with Gasteiger partial charge in [0.15, 0.2) is 0 Å². The molecule has 2 bridgehead atoms. The Bertz CT molecular complexity index is 778. The predicted molar refractivity (Wildman–Crippen MR) is 112 cm³/mol. The molecule has 4 fully saturated rings. The second kappa shape index (κ2) is 7.56. The lowest BCUT2D eigenvalue weighted by atomic mass is 9.58. The molecule has 3 saturated heterocycles. The molecular formula is C24H36O7. The van der Waals surface area contributed by atoms with E-state index in [1.807, 2.05) is 6.92 Å². The van der Waals surface area contributed by atoms with Crippen molar-refractivity contribution in [2.24, 2.45) is 23.7 Å². The SMILES string of the molecule is C=C1CC2OC(C3C(C(C)C)C(OC(C)=O)C4OC4(C)C23)C(C)(OC(C)=O)CCC1O. The van der Waals surface area contributed by atoms with Gasteiger partial charge in [0.25, 0.3) is 0 Å². The second-order valence-corrected chi connectivity index (χ2v) is 10.6. The molecule has 0 aromatic carbocycles. The number of epoxide rings is 1. The Labute approximate surface area is 184 Å². The highest BCUT2D eigenvalue weighted by Gasteiger charge is 2.76. The van der Waals surface area contributed by atoms with Crippen LogP contribution in [0.3, 0.4) is 0 Å². The Morgan fingerprint density at radius 1 is 1.19 bits per heavy atom. The second-order valence-electron chi connectivity index (χ2n) is 10.6. The van der Waals surface area contributed by atoms with Crippen LogP contribution in [-0.4, -0.2) is 58.8 Å². The zero-order chi connectivity index (χ0) is 22.9. The molecule has 1 saturated carbocycles. The molecule has 7 nitrogen and oxygen atoms in total. The maximum Gasteiger partial charge on any atom is 0.303 e. The highest BCUT2D eigenvalue weighted by molar-refractivity contribution is 5.67. The summed E-state index contributed by atoms with van der Waals surface area (Å²) in [6, 6.07) is 0. The lowest BCUT2D eigenvalue weighted by Gasteiger charge is -2.47. The lowest BCUT2D eigenvalue weighted by Crippen LogP contribution is -2.57. The summed E-state index contributed by atoms with van der Waals surface area (Å²) >= 11 is 0. The Morgan fingerprint density at radius 3 is 2.45 bits per heavy atom. The molecule has 0 aromatic rings. The molecule has 3 heterocycles. The largest absolute Gasteiger partial charge is 0.459 e. The minimum absolute atomic E-state index is 0.00280. The fourth-order valence-corrected chi connectivity index (χ4v) is 6.80. The number of carbonyl (C=O) groups excluding carboxylic acids is 2. The first-order valence-corrected chi connectivity index (χ1v) is 11.4. The van der Waals surface area contributed by atoms with Crippen LogP contribution in [0.1, 0.15) is 60.8 Å². The molecule has 10 atom stereocenters. The van der Waals surface area contributed by atoms with Crippen LogP contribution < -0.4 is 0 Å². The number of aliphatic hydroxyl groups excluding tert-OH is 1. The maximum absolute atomic E-state index is 12.1. The number of aliphatic hydroxyl groups is 1. The molecule has 0 radical (unpaired) electrons. The Kier molecular flexibility index (Phi) is 5.55. The zero-order valence-corrected chi connectivity index (χ0v) is 19.4. The highest BCUT2D eigenvalue weighted by atomic mass is 16.7. The Balaban J connectivity index is 1.82. The van der Waals surface area contributed by atoms with Gasteiger partial charge < -0.3 is 24.1 Å². The molecular weight excluding hydrogens is 400 g/mol. The van der Waals surface area contributed by atoms with Gasteiger partial charge in [0.2, 0.25) is 0 Å². The van der Waals surface area contributed by atoms with E-state index in [0.29, 0.717) is 19.3 Å². The first-order chi connectivity index (χ1) is 14.4. The van der Waals surface area contributed by atoms with E-state index in [0.717, 1.165) is 5.57 Å². The number of hydrogen-bond acceptors (Lipinski definition) is 7. The van der Waals surface area contributed by atoms with Gasteiger partial charge in [-0.3, -0.25) is 9.59 Å². The number of fused-ring (bicyclic) bond motifs is 7. The summed E-state index contributed by atoms with van der Waals surface area (Å²) in [6.07, 6.45) is -0.387. The van der Waals surface area contributed by atoms with Crippen LogP contribution in [0, 0.1) is 23.7 Å². The van der Waals surface area contributed by atoms with Gasteiger partial charge in [-0.2, -0.15) is 0 Å². The quantitative estimate of drug-likeness (QED) is 0.413. The molecule has 1 aliphatic carbocycles. The van der Waals surface area contributed by atoms with Gasteiger partial charge >= 0.3 is 11.9 Å². The molecule has 174 valence electrons. The third-order valence-corrected chi connectivity index (χ3v) is 8.06. The third-order valence-electron chi connectivity index (χ3n) is 8.06. The van der Waals surface area contributed by atoms with Gasteiger partial charge in [-0.05, 0) is 44.6 Å². The first-order valence-electron chi connectivity index (χ1n) is 11.4. The monoisotopic (exact) mass is 436 g/mol. The van der Waals surface area contributed by atoms with E-state index < -0.39 is 23.4 Å². The summed E-state index contributed by atoms with van der Waals surface area (Å²) in [5.74, 6) is -0.493. The minimum atomic E-state index is -0.916. The van der Waals surface area contributed by atoms with E-state index in [9.17, 15) is 14.7 Å². The first kappa shape index (κ1) is 22.7. The van der Waals surface area contributed by atoms with E-state index in [-0.39, 0.29) is 53.9 Å². The van der Waals surface area contributed by atoms with Crippen molar-refractivity contribution < 1.29 is 33.6 Å². The number of carbonyl (C=O) groups is 2. The Hall–Kier alpha value is -1.44. The van der Waals surface area contributed by atoms with E-state index in [1.165, 1.54) is 13.8 Å². The van der Waals surface area contributed by atoms with Crippen molar-refractivity contribution in [3.63, 3.8) is 0 Å². The van der Waals surface area contributed by atoms with Crippen molar-refractivity contribution in [1.82, 2.24) is 0 Å². The number of esters is 2. The number of ether oxygens (including phenoxy) is 4. The zero-order valence-electron chi connectivity index (χ0n) is 19.4. The topological polar surface area (TPSA) is 94.6 Å². The van der Waals surface area contributed by atoms with E-state index in [1.54, 1.807) is 0 Å².